The molecule has 3 fully saturated rings. The first-order chi connectivity index (χ1) is 17.9. The lowest BCUT2D eigenvalue weighted by Crippen LogP contribution is -2.65. The number of hydrogen-bond acceptors (Lipinski definition) is 3. The number of carbonyl (C=O) groups excluding carboxylic acids is 1. The zero-order valence-electron chi connectivity index (χ0n) is 21.1. The Morgan fingerprint density at radius 2 is 1.65 bits per heavy atom. The fourth-order valence-electron chi connectivity index (χ4n) is 5.70. The van der Waals surface area contributed by atoms with Crippen LogP contribution < -0.4 is 9.64 Å². The van der Waals surface area contributed by atoms with Crippen LogP contribution in [0, 0.1) is 17.6 Å². The summed E-state index contributed by atoms with van der Waals surface area (Å²) in [6.07, 6.45) is 2.32. The summed E-state index contributed by atoms with van der Waals surface area (Å²) < 4.78 is 39.8. The highest BCUT2D eigenvalue weighted by molar-refractivity contribution is 5.87. The fourth-order valence-corrected chi connectivity index (χ4v) is 5.70. The van der Waals surface area contributed by atoms with Crippen molar-refractivity contribution < 1.29 is 27.5 Å². The van der Waals surface area contributed by atoms with Gasteiger partial charge >= 0.3 is 6.09 Å². The smallest absolute Gasteiger partial charge is 0.415 e. The van der Waals surface area contributed by atoms with Gasteiger partial charge in [-0.15, -0.1) is 0 Å². The van der Waals surface area contributed by atoms with Gasteiger partial charge in [0, 0.05) is 25.2 Å². The van der Waals surface area contributed by atoms with E-state index in [2.05, 4.69) is 12.1 Å². The number of carbonyl (C=O) groups is 1. The number of nitrogens with zero attached hydrogens (tertiary/aromatic N) is 2. The summed E-state index contributed by atoms with van der Waals surface area (Å²) in [6, 6.07) is 20.1. The molecule has 0 N–H and O–H groups in total. The number of ether oxygens (including phenoxy) is 2. The molecule has 0 saturated carbocycles. The van der Waals surface area contributed by atoms with Gasteiger partial charge in [-0.2, -0.15) is 0 Å². The zero-order chi connectivity index (χ0) is 25.8. The van der Waals surface area contributed by atoms with Crippen LogP contribution in [0.2, 0.25) is 0 Å². The number of anilines is 1. The summed E-state index contributed by atoms with van der Waals surface area (Å²) in [5, 5.41) is 0. The molecule has 0 unspecified atom stereocenters. The standard InChI is InChI=1S/C30H33F2N2O3/c1-36-28-11-7-22(8-12-28)13-16-34-17-14-24(15-18-34)29(21-34)37-30(35)33(27-4-2-3-26(32)19-27)20-23-5-9-25(31)10-6-23/h2-12,19,24,29H,13-18,20-21H2,1H3/q+1/t24?,29-,34?/m0/s1. The van der Waals surface area contributed by atoms with E-state index in [-0.39, 0.29) is 18.5 Å². The third-order valence-electron chi connectivity index (χ3n) is 7.92. The minimum atomic E-state index is -0.498. The molecule has 1 atom stereocenters. The van der Waals surface area contributed by atoms with Crippen LogP contribution in [-0.2, 0) is 17.7 Å². The molecule has 3 aliphatic rings. The Kier molecular flexibility index (Phi) is 7.42. The molecular weight excluding hydrogens is 474 g/mol. The molecular formula is C30H33F2N2O3+. The lowest BCUT2D eigenvalue weighted by Gasteiger charge is -2.52. The van der Waals surface area contributed by atoms with Gasteiger partial charge in [0.25, 0.3) is 0 Å². The maximum absolute atomic E-state index is 14.0. The minimum absolute atomic E-state index is 0.164. The third-order valence-corrected chi connectivity index (χ3v) is 7.92. The number of benzene rings is 3. The van der Waals surface area contributed by atoms with Crippen molar-refractivity contribution in [3.63, 3.8) is 0 Å². The van der Waals surface area contributed by atoms with Crippen LogP contribution in [0.15, 0.2) is 72.8 Å². The van der Waals surface area contributed by atoms with E-state index in [4.69, 9.17) is 9.47 Å². The van der Waals surface area contributed by atoms with E-state index < -0.39 is 11.9 Å². The molecule has 6 rings (SSSR count). The molecule has 0 aliphatic carbocycles. The van der Waals surface area contributed by atoms with Gasteiger partial charge in [-0.05, 0) is 53.6 Å². The van der Waals surface area contributed by atoms with Crippen LogP contribution >= 0.6 is 0 Å². The SMILES string of the molecule is COc1ccc(CC[N+]23CCC(CC2)[C@@H](OC(=O)N(Cc2ccc(F)cc2)c2cccc(F)c2)C3)cc1. The van der Waals surface area contributed by atoms with Crippen molar-refractivity contribution in [1.82, 2.24) is 0 Å². The van der Waals surface area contributed by atoms with Crippen LogP contribution in [0.25, 0.3) is 0 Å². The van der Waals surface area contributed by atoms with Crippen LogP contribution in [0.5, 0.6) is 5.75 Å². The summed E-state index contributed by atoms with van der Waals surface area (Å²) in [7, 11) is 1.67. The monoisotopic (exact) mass is 507 g/mol. The zero-order valence-corrected chi connectivity index (χ0v) is 21.1. The highest BCUT2D eigenvalue weighted by atomic mass is 19.1. The molecule has 3 heterocycles. The summed E-state index contributed by atoms with van der Waals surface area (Å²) in [5.41, 5.74) is 2.42. The number of rotatable bonds is 8. The van der Waals surface area contributed by atoms with E-state index in [1.807, 2.05) is 12.1 Å². The van der Waals surface area contributed by atoms with Crippen LogP contribution in [0.4, 0.5) is 19.3 Å². The largest absolute Gasteiger partial charge is 0.497 e. The highest BCUT2D eigenvalue weighted by Gasteiger charge is 2.47. The second-order valence-corrected chi connectivity index (χ2v) is 10.2. The summed E-state index contributed by atoms with van der Waals surface area (Å²) in [6.45, 7) is 4.14. The lowest BCUT2D eigenvalue weighted by molar-refractivity contribution is -0.945. The number of halogens is 2. The topological polar surface area (TPSA) is 38.8 Å². The van der Waals surface area contributed by atoms with Gasteiger partial charge in [-0.25, -0.2) is 13.6 Å². The fraction of sp³-hybridized carbons (Fsp3) is 0.367. The Labute approximate surface area is 216 Å². The summed E-state index contributed by atoms with van der Waals surface area (Å²) in [5.74, 6) is 0.412. The third kappa shape index (κ3) is 5.93. The van der Waals surface area contributed by atoms with Gasteiger partial charge in [-0.1, -0.05) is 30.3 Å². The predicted molar refractivity (Wildman–Crippen MR) is 138 cm³/mol. The average molecular weight is 508 g/mol. The minimum Gasteiger partial charge on any atom is -0.497 e. The number of quaternary nitrogens is 1. The maximum Gasteiger partial charge on any atom is 0.415 e. The molecule has 3 aromatic carbocycles. The van der Waals surface area contributed by atoms with Crippen LogP contribution in [0.3, 0.4) is 0 Å². The van der Waals surface area contributed by atoms with Gasteiger partial charge in [-0.3, -0.25) is 4.90 Å². The van der Waals surface area contributed by atoms with Gasteiger partial charge < -0.3 is 14.0 Å². The molecule has 3 saturated heterocycles. The molecule has 0 radical (unpaired) electrons. The van der Waals surface area contributed by atoms with Crippen LogP contribution in [-0.4, -0.2) is 50.0 Å². The number of piperidine rings is 3. The first-order valence-corrected chi connectivity index (χ1v) is 12.9. The number of amides is 1. The van der Waals surface area contributed by atoms with Gasteiger partial charge in [0.1, 0.15) is 23.9 Å². The Bertz CT molecular complexity index is 1210. The number of fused-ring (bicyclic) bond motifs is 3. The Balaban J connectivity index is 1.29. The first kappa shape index (κ1) is 25.2. The predicted octanol–water partition coefficient (Wildman–Crippen LogP) is 5.97. The van der Waals surface area contributed by atoms with E-state index in [1.165, 1.54) is 34.7 Å². The molecule has 0 aromatic heterocycles. The summed E-state index contributed by atoms with van der Waals surface area (Å²) in [4.78, 5) is 14.9. The van der Waals surface area contributed by atoms with Crippen molar-refractivity contribution in [2.75, 3.05) is 38.2 Å². The number of hydrogen-bond donors (Lipinski definition) is 0. The molecule has 1 amide bonds. The van der Waals surface area contributed by atoms with Crippen molar-refractivity contribution in [2.24, 2.45) is 5.92 Å². The second kappa shape index (κ2) is 10.9. The molecule has 2 bridgehead atoms. The first-order valence-electron chi connectivity index (χ1n) is 12.9. The summed E-state index contributed by atoms with van der Waals surface area (Å²) >= 11 is 0. The van der Waals surface area contributed by atoms with Gasteiger partial charge in [0.2, 0.25) is 0 Å². The van der Waals surface area contributed by atoms with Crippen molar-refractivity contribution >= 4 is 11.8 Å². The van der Waals surface area contributed by atoms with E-state index in [1.54, 1.807) is 31.4 Å². The highest BCUT2D eigenvalue weighted by Crippen LogP contribution is 2.36. The average Bonchev–Trinajstić information content (AvgIpc) is 2.92. The van der Waals surface area contributed by atoms with Crippen molar-refractivity contribution in [2.45, 2.75) is 31.9 Å². The van der Waals surface area contributed by atoms with E-state index in [0.29, 0.717) is 11.6 Å². The van der Waals surface area contributed by atoms with Crippen molar-refractivity contribution in [3.05, 3.63) is 95.6 Å². The Morgan fingerprint density at radius 1 is 0.946 bits per heavy atom. The van der Waals surface area contributed by atoms with Crippen molar-refractivity contribution in [1.29, 1.82) is 0 Å². The molecule has 3 aliphatic heterocycles. The van der Waals surface area contributed by atoms with E-state index in [9.17, 15) is 13.6 Å². The number of methoxy groups -OCH3 is 1. The van der Waals surface area contributed by atoms with Gasteiger partial charge in [0.15, 0.2) is 6.10 Å². The second-order valence-electron chi connectivity index (χ2n) is 10.2. The van der Waals surface area contributed by atoms with Gasteiger partial charge in [0.05, 0.1) is 39.0 Å². The quantitative estimate of drug-likeness (QED) is 0.353. The molecule has 3 aromatic rings. The molecule has 0 spiro atoms. The molecule has 37 heavy (non-hydrogen) atoms. The lowest BCUT2D eigenvalue weighted by atomic mass is 9.83. The maximum atomic E-state index is 14.0. The molecule has 7 heteroatoms. The normalized spacial score (nSPS) is 22.5. The van der Waals surface area contributed by atoms with Crippen molar-refractivity contribution in [3.8, 4) is 5.75 Å². The molecule has 5 nitrogen and oxygen atoms in total. The molecule has 194 valence electrons. The van der Waals surface area contributed by atoms with E-state index >= 15 is 0 Å². The Morgan fingerprint density at radius 3 is 2.32 bits per heavy atom. The Hall–Kier alpha value is -3.45. The van der Waals surface area contributed by atoms with E-state index in [0.717, 1.165) is 61.2 Å². The van der Waals surface area contributed by atoms with Crippen LogP contribution in [0.1, 0.15) is 24.0 Å².